The van der Waals surface area contributed by atoms with E-state index < -0.39 is 11.6 Å². The molecule has 1 aliphatic rings. The Balaban J connectivity index is 0.000000704. The maximum Gasteiger partial charge on any atom is 0.251 e. The highest BCUT2D eigenvalue weighted by atomic mass is 19.1. The summed E-state index contributed by atoms with van der Waals surface area (Å²) in [4.78, 5) is 11.5. The molecule has 0 atom stereocenters. The molecule has 0 bridgehead atoms. The lowest BCUT2D eigenvalue weighted by Gasteiger charge is -2.06. The second-order valence-corrected chi connectivity index (χ2v) is 4.15. The van der Waals surface area contributed by atoms with Gasteiger partial charge in [-0.2, -0.15) is 0 Å². The standard InChI is InChI=1S/C14H9F2NO.CH5N/c15-11-2-1-3-12(16)13(11)8-4-5-9-7-17-14(18)10(9)6-8;1-2/h1-6H,7H2,(H,17,18);2H2,1H3. The number of amides is 1. The Kier molecular flexibility index (Phi) is 4.10. The highest BCUT2D eigenvalue weighted by Gasteiger charge is 2.20. The van der Waals surface area contributed by atoms with E-state index in [1.165, 1.54) is 31.3 Å². The van der Waals surface area contributed by atoms with Gasteiger partial charge >= 0.3 is 0 Å². The maximum absolute atomic E-state index is 13.6. The van der Waals surface area contributed by atoms with Gasteiger partial charge in [-0.05, 0) is 36.4 Å². The molecule has 1 aliphatic heterocycles. The molecule has 3 nitrogen and oxygen atoms in total. The summed E-state index contributed by atoms with van der Waals surface area (Å²) in [6.45, 7) is 0.466. The van der Waals surface area contributed by atoms with E-state index in [1.54, 1.807) is 12.1 Å². The van der Waals surface area contributed by atoms with Crippen LogP contribution in [0.4, 0.5) is 8.78 Å². The maximum atomic E-state index is 13.6. The summed E-state index contributed by atoms with van der Waals surface area (Å²) in [6, 6.07) is 8.58. The molecule has 1 heterocycles. The van der Waals surface area contributed by atoms with Gasteiger partial charge in [0, 0.05) is 12.1 Å². The first kappa shape index (κ1) is 14.1. The van der Waals surface area contributed by atoms with Gasteiger partial charge in [-0.1, -0.05) is 18.2 Å². The van der Waals surface area contributed by atoms with E-state index in [0.29, 0.717) is 17.7 Å². The van der Waals surface area contributed by atoms with E-state index in [2.05, 4.69) is 11.1 Å². The van der Waals surface area contributed by atoms with Crippen molar-refractivity contribution in [3.8, 4) is 11.1 Å². The van der Waals surface area contributed by atoms with E-state index in [0.717, 1.165) is 5.56 Å². The van der Waals surface area contributed by atoms with Gasteiger partial charge in [0.15, 0.2) is 0 Å². The Hall–Kier alpha value is -2.27. The van der Waals surface area contributed by atoms with Gasteiger partial charge in [0.1, 0.15) is 11.6 Å². The number of benzene rings is 2. The molecule has 0 fully saturated rings. The summed E-state index contributed by atoms with van der Waals surface area (Å²) in [5.41, 5.74) is 6.11. The van der Waals surface area contributed by atoms with Crippen LogP contribution in [0.25, 0.3) is 11.1 Å². The molecule has 0 spiro atoms. The molecule has 0 aliphatic carbocycles. The lowest BCUT2D eigenvalue weighted by atomic mass is 9.99. The average molecular weight is 276 g/mol. The Morgan fingerprint density at radius 1 is 1.10 bits per heavy atom. The van der Waals surface area contributed by atoms with Gasteiger partial charge < -0.3 is 11.1 Å². The third-order valence-corrected chi connectivity index (χ3v) is 3.05. The summed E-state index contributed by atoms with van der Waals surface area (Å²) in [7, 11) is 1.50. The van der Waals surface area contributed by atoms with Crippen molar-refractivity contribution in [3.05, 3.63) is 59.2 Å². The molecule has 3 N–H and O–H groups in total. The van der Waals surface area contributed by atoms with Crippen LogP contribution in [0.3, 0.4) is 0 Å². The van der Waals surface area contributed by atoms with Crippen molar-refractivity contribution < 1.29 is 13.6 Å². The lowest BCUT2D eigenvalue weighted by Crippen LogP contribution is -2.12. The number of nitrogens with two attached hydrogens (primary N) is 1. The number of fused-ring (bicyclic) bond motifs is 1. The van der Waals surface area contributed by atoms with Crippen molar-refractivity contribution >= 4 is 5.91 Å². The van der Waals surface area contributed by atoms with Crippen LogP contribution in [-0.2, 0) is 6.54 Å². The molecule has 0 saturated carbocycles. The summed E-state index contributed by atoms with van der Waals surface area (Å²) in [6.07, 6.45) is 0. The zero-order valence-electron chi connectivity index (χ0n) is 10.9. The number of carbonyl (C=O) groups excluding carboxylic acids is 1. The third-order valence-electron chi connectivity index (χ3n) is 3.05. The predicted molar refractivity (Wildman–Crippen MR) is 73.1 cm³/mol. The Morgan fingerprint density at radius 2 is 1.75 bits per heavy atom. The van der Waals surface area contributed by atoms with Crippen LogP contribution in [0.2, 0.25) is 0 Å². The molecule has 3 rings (SSSR count). The largest absolute Gasteiger partial charge is 0.348 e. The number of carbonyl (C=O) groups is 1. The van der Waals surface area contributed by atoms with Crippen LogP contribution in [-0.4, -0.2) is 13.0 Å². The first-order valence-corrected chi connectivity index (χ1v) is 6.10. The molecular formula is C15H14F2N2O. The topological polar surface area (TPSA) is 55.1 Å². The highest BCUT2D eigenvalue weighted by Crippen LogP contribution is 2.29. The molecular weight excluding hydrogens is 262 g/mol. The summed E-state index contributed by atoms with van der Waals surface area (Å²) < 4.78 is 27.3. The first-order chi connectivity index (χ1) is 9.66. The first-order valence-electron chi connectivity index (χ1n) is 6.10. The van der Waals surface area contributed by atoms with Crippen LogP contribution in [0, 0.1) is 11.6 Å². The number of hydrogen-bond acceptors (Lipinski definition) is 2. The SMILES string of the molecule is CN.O=C1NCc2ccc(-c3c(F)cccc3F)cc21. The fourth-order valence-electron chi connectivity index (χ4n) is 2.14. The zero-order chi connectivity index (χ0) is 14.7. The molecule has 0 saturated heterocycles. The second kappa shape index (κ2) is 5.79. The van der Waals surface area contributed by atoms with Crippen LogP contribution in [0.5, 0.6) is 0 Å². The fourth-order valence-corrected chi connectivity index (χ4v) is 2.14. The van der Waals surface area contributed by atoms with Crippen LogP contribution in [0.15, 0.2) is 36.4 Å². The summed E-state index contributed by atoms with van der Waals surface area (Å²) in [5.74, 6) is -1.47. The van der Waals surface area contributed by atoms with E-state index >= 15 is 0 Å². The molecule has 0 aromatic heterocycles. The van der Waals surface area contributed by atoms with Crippen LogP contribution in [0.1, 0.15) is 15.9 Å². The van der Waals surface area contributed by atoms with Crippen molar-refractivity contribution in [1.82, 2.24) is 5.32 Å². The predicted octanol–water partition coefficient (Wildman–Crippen LogP) is 2.45. The minimum absolute atomic E-state index is 0.0972. The zero-order valence-corrected chi connectivity index (χ0v) is 10.9. The van der Waals surface area contributed by atoms with E-state index in [4.69, 9.17) is 0 Å². The Labute approximate surface area is 115 Å². The molecule has 5 heteroatoms. The second-order valence-electron chi connectivity index (χ2n) is 4.15. The van der Waals surface area contributed by atoms with Crippen molar-refractivity contribution in [2.45, 2.75) is 6.54 Å². The molecule has 0 radical (unpaired) electrons. The van der Waals surface area contributed by atoms with Gasteiger partial charge in [-0.25, -0.2) is 8.78 Å². The minimum Gasteiger partial charge on any atom is -0.348 e. The quantitative estimate of drug-likeness (QED) is 0.840. The van der Waals surface area contributed by atoms with E-state index in [1.807, 2.05) is 0 Å². The normalized spacial score (nSPS) is 12.3. The number of rotatable bonds is 1. The number of halogens is 2. The molecule has 0 unspecified atom stereocenters. The van der Waals surface area contributed by atoms with Crippen LogP contribution < -0.4 is 11.1 Å². The lowest BCUT2D eigenvalue weighted by molar-refractivity contribution is 0.0966. The smallest absolute Gasteiger partial charge is 0.251 e. The number of hydrogen-bond donors (Lipinski definition) is 2. The fraction of sp³-hybridized carbons (Fsp3) is 0.133. The molecule has 104 valence electrons. The van der Waals surface area contributed by atoms with Gasteiger partial charge in [0.25, 0.3) is 5.91 Å². The monoisotopic (exact) mass is 276 g/mol. The summed E-state index contributed by atoms with van der Waals surface area (Å²) in [5, 5.41) is 2.67. The molecule has 20 heavy (non-hydrogen) atoms. The third kappa shape index (κ3) is 2.40. The molecule has 2 aromatic carbocycles. The highest BCUT2D eigenvalue weighted by molar-refractivity contribution is 5.99. The van der Waals surface area contributed by atoms with Gasteiger partial charge in [-0.15, -0.1) is 0 Å². The number of nitrogens with one attached hydrogen (secondary N) is 1. The molecule has 2 aromatic rings. The van der Waals surface area contributed by atoms with Crippen molar-refractivity contribution in [2.75, 3.05) is 7.05 Å². The van der Waals surface area contributed by atoms with Gasteiger partial charge in [-0.3, -0.25) is 4.79 Å². The Morgan fingerprint density at radius 3 is 2.40 bits per heavy atom. The molecule has 1 amide bonds. The van der Waals surface area contributed by atoms with E-state index in [9.17, 15) is 13.6 Å². The van der Waals surface area contributed by atoms with Crippen molar-refractivity contribution in [1.29, 1.82) is 0 Å². The Bertz CT molecular complexity index is 636. The van der Waals surface area contributed by atoms with Gasteiger partial charge in [0.05, 0.1) is 5.56 Å². The van der Waals surface area contributed by atoms with E-state index in [-0.39, 0.29) is 11.5 Å². The van der Waals surface area contributed by atoms with Crippen molar-refractivity contribution in [2.24, 2.45) is 5.73 Å². The van der Waals surface area contributed by atoms with Crippen molar-refractivity contribution in [3.63, 3.8) is 0 Å². The minimum atomic E-state index is -0.631. The summed E-state index contributed by atoms with van der Waals surface area (Å²) >= 11 is 0. The van der Waals surface area contributed by atoms with Crippen LogP contribution >= 0.6 is 0 Å². The van der Waals surface area contributed by atoms with Gasteiger partial charge in [0.2, 0.25) is 0 Å². The average Bonchev–Trinajstić information content (AvgIpc) is 2.82.